The van der Waals surface area contributed by atoms with Gasteiger partial charge in [0.05, 0.1) is 11.5 Å². The second-order valence-electron chi connectivity index (χ2n) is 6.85. The number of carbonyl (C=O) groups excluding carboxylic acids is 2. The third-order valence-corrected chi connectivity index (χ3v) is 6.05. The van der Waals surface area contributed by atoms with E-state index in [4.69, 9.17) is 0 Å². The van der Waals surface area contributed by atoms with Crippen LogP contribution in [0.2, 0.25) is 0 Å². The van der Waals surface area contributed by atoms with E-state index in [9.17, 15) is 18.0 Å². The SMILES string of the molecule is CN(Cc1ccccc1)C(=O)C(C)(C)C(=O)NC1CCS(=O)(=O)C1. The fourth-order valence-corrected chi connectivity index (χ4v) is 4.45. The Morgan fingerprint density at radius 3 is 2.42 bits per heavy atom. The molecule has 24 heavy (non-hydrogen) atoms. The van der Waals surface area contributed by atoms with Crippen LogP contribution in [0.4, 0.5) is 0 Å². The van der Waals surface area contributed by atoms with Gasteiger partial charge in [-0.3, -0.25) is 9.59 Å². The van der Waals surface area contributed by atoms with E-state index in [1.165, 1.54) is 4.90 Å². The summed E-state index contributed by atoms with van der Waals surface area (Å²) in [4.78, 5) is 26.6. The van der Waals surface area contributed by atoms with Crippen molar-refractivity contribution in [2.75, 3.05) is 18.6 Å². The molecule has 1 N–H and O–H groups in total. The van der Waals surface area contributed by atoms with Gasteiger partial charge in [0, 0.05) is 19.6 Å². The molecule has 1 atom stereocenters. The van der Waals surface area contributed by atoms with Gasteiger partial charge in [0.2, 0.25) is 11.8 Å². The quantitative estimate of drug-likeness (QED) is 0.801. The van der Waals surface area contributed by atoms with Gasteiger partial charge in [-0.15, -0.1) is 0 Å². The van der Waals surface area contributed by atoms with E-state index in [-0.39, 0.29) is 17.4 Å². The molecule has 132 valence electrons. The summed E-state index contributed by atoms with van der Waals surface area (Å²) in [6.07, 6.45) is 0.401. The van der Waals surface area contributed by atoms with E-state index in [0.717, 1.165) is 5.56 Å². The molecule has 2 amide bonds. The average Bonchev–Trinajstić information content (AvgIpc) is 2.86. The van der Waals surface area contributed by atoms with Crippen LogP contribution in [0.15, 0.2) is 30.3 Å². The number of amides is 2. The zero-order valence-corrected chi connectivity index (χ0v) is 15.1. The second-order valence-corrected chi connectivity index (χ2v) is 9.07. The van der Waals surface area contributed by atoms with Crippen LogP contribution in [-0.4, -0.2) is 49.7 Å². The molecule has 2 rings (SSSR count). The average molecular weight is 352 g/mol. The van der Waals surface area contributed by atoms with Crippen molar-refractivity contribution in [2.45, 2.75) is 32.9 Å². The van der Waals surface area contributed by atoms with E-state index in [1.54, 1.807) is 20.9 Å². The Kier molecular flexibility index (Phi) is 5.32. The first-order chi connectivity index (χ1) is 11.1. The molecule has 7 heteroatoms. The molecule has 1 unspecified atom stereocenters. The number of nitrogens with one attached hydrogen (secondary N) is 1. The summed E-state index contributed by atoms with van der Waals surface area (Å²) in [5.74, 6) is -0.706. The zero-order chi connectivity index (χ0) is 18.0. The maximum atomic E-state index is 12.7. The molecule has 1 saturated heterocycles. The lowest BCUT2D eigenvalue weighted by molar-refractivity contribution is -0.148. The number of hydrogen-bond acceptors (Lipinski definition) is 4. The first-order valence-electron chi connectivity index (χ1n) is 7.93. The van der Waals surface area contributed by atoms with E-state index in [1.807, 2.05) is 30.3 Å². The van der Waals surface area contributed by atoms with Gasteiger partial charge in [-0.25, -0.2) is 8.42 Å². The number of rotatable bonds is 5. The zero-order valence-electron chi connectivity index (χ0n) is 14.3. The summed E-state index contributed by atoms with van der Waals surface area (Å²) in [5, 5.41) is 2.71. The van der Waals surface area contributed by atoms with Crippen molar-refractivity contribution in [1.82, 2.24) is 10.2 Å². The minimum Gasteiger partial charge on any atom is -0.351 e. The molecule has 1 aliphatic rings. The Hall–Kier alpha value is -1.89. The first kappa shape index (κ1) is 18.4. The van der Waals surface area contributed by atoms with Gasteiger partial charge in [0.15, 0.2) is 9.84 Å². The molecule has 1 aliphatic heterocycles. The summed E-state index contributed by atoms with van der Waals surface area (Å²) < 4.78 is 23.0. The minimum atomic E-state index is -3.07. The number of hydrogen-bond donors (Lipinski definition) is 1. The molecule has 0 spiro atoms. The van der Waals surface area contributed by atoms with Gasteiger partial charge < -0.3 is 10.2 Å². The summed E-state index contributed by atoms with van der Waals surface area (Å²) in [7, 11) is -1.42. The predicted octanol–water partition coefficient (Wildman–Crippen LogP) is 0.975. The number of sulfone groups is 1. The molecular formula is C17H24N2O4S. The topological polar surface area (TPSA) is 83.6 Å². The van der Waals surface area contributed by atoms with Crippen molar-refractivity contribution in [3.63, 3.8) is 0 Å². The summed E-state index contributed by atoms with van der Waals surface area (Å²) >= 11 is 0. The van der Waals surface area contributed by atoms with Crippen LogP contribution in [-0.2, 0) is 26.0 Å². The minimum absolute atomic E-state index is 0.0527. The number of benzene rings is 1. The predicted molar refractivity (Wildman–Crippen MR) is 91.9 cm³/mol. The Labute approximate surface area is 143 Å². The molecule has 1 aromatic rings. The summed E-state index contributed by atoms with van der Waals surface area (Å²) in [6.45, 7) is 3.54. The molecule has 0 bridgehead atoms. The van der Waals surface area contributed by atoms with Crippen molar-refractivity contribution in [3.05, 3.63) is 35.9 Å². The van der Waals surface area contributed by atoms with Crippen LogP contribution in [0.1, 0.15) is 25.8 Å². The van der Waals surface area contributed by atoms with Gasteiger partial charge >= 0.3 is 0 Å². The maximum Gasteiger partial charge on any atom is 0.237 e. The standard InChI is InChI=1S/C17H24N2O4S/c1-17(2,15(20)18-14-9-10-24(22,23)12-14)16(21)19(3)11-13-7-5-4-6-8-13/h4-8,14H,9-12H2,1-3H3,(H,18,20). The molecule has 1 aromatic carbocycles. The lowest BCUT2D eigenvalue weighted by Crippen LogP contribution is -2.51. The molecule has 0 radical (unpaired) electrons. The molecule has 1 heterocycles. The van der Waals surface area contributed by atoms with E-state index < -0.39 is 27.2 Å². The highest BCUT2D eigenvalue weighted by atomic mass is 32.2. The van der Waals surface area contributed by atoms with Crippen LogP contribution in [0.3, 0.4) is 0 Å². The smallest absolute Gasteiger partial charge is 0.237 e. The van der Waals surface area contributed by atoms with Gasteiger partial charge in [-0.05, 0) is 25.8 Å². The number of carbonyl (C=O) groups is 2. The third-order valence-electron chi connectivity index (χ3n) is 4.28. The van der Waals surface area contributed by atoms with Crippen LogP contribution < -0.4 is 5.32 Å². The second kappa shape index (κ2) is 6.93. The Morgan fingerprint density at radius 1 is 1.25 bits per heavy atom. The van der Waals surface area contributed by atoms with E-state index in [2.05, 4.69) is 5.32 Å². The molecule has 0 aliphatic carbocycles. The maximum absolute atomic E-state index is 12.7. The van der Waals surface area contributed by atoms with Crippen molar-refractivity contribution in [2.24, 2.45) is 5.41 Å². The Bertz CT molecular complexity index is 713. The van der Waals surface area contributed by atoms with Crippen molar-refractivity contribution in [1.29, 1.82) is 0 Å². The fourth-order valence-electron chi connectivity index (χ4n) is 2.78. The number of nitrogens with zero attached hydrogens (tertiary/aromatic N) is 1. The van der Waals surface area contributed by atoms with E-state index >= 15 is 0 Å². The third kappa shape index (κ3) is 4.35. The Morgan fingerprint density at radius 2 is 1.88 bits per heavy atom. The van der Waals surface area contributed by atoms with Gasteiger partial charge in [-0.1, -0.05) is 30.3 Å². The highest BCUT2D eigenvalue weighted by Gasteiger charge is 2.40. The van der Waals surface area contributed by atoms with E-state index in [0.29, 0.717) is 13.0 Å². The van der Waals surface area contributed by atoms with Gasteiger partial charge in [0.1, 0.15) is 5.41 Å². The van der Waals surface area contributed by atoms with Gasteiger partial charge in [-0.2, -0.15) is 0 Å². The van der Waals surface area contributed by atoms with Crippen LogP contribution in [0.5, 0.6) is 0 Å². The lowest BCUT2D eigenvalue weighted by Gasteiger charge is -2.29. The van der Waals surface area contributed by atoms with Crippen molar-refractivity contribution in [3.8, 4) is 0 Å². The first-order valence-corrected chi connectivity index (χ1v) is 9.75. The van der Waals surface area contributed by atoms with Crippen molar-refractivity contribution >= 4 is 21.7 Å². The van der Waals surface area contributed by atoms with Crippen LogP contribution in [0.25, 0.3) is 0 Å². The normalized spacial score (nSPS) is 19.7. The molecule has 0 saturated carbocycles. The highest BCUT2D eigenvalue weighted by Crippen LogP contribution is 2.21. The molecule has 1 fully saturated rings. The highest BCUT2D eigenvalue weighted by molar-refractivity contribution is 7.91. The van der Waals surface area contributed by atoms with Gasteiger partial charge in [0.25, 0.3) is 0 Å². The summed E-state index contributed by atoms with van der Waals surface area (Å²) in [6, 6.07) is 9.12. The fraction of sp³-hybridized carbons (Fsp3) is 0.529. The Balaban J connectivity index is 1.99. The lowest BCUT2D eigenvalue weighted by atomic mass is 9.89. The van der Waals surface area contributed by atoms with Crippen LogP contribution in [0, 0.1) is 5.41 Å². The largest absolute Gasteiger partial charge is 0.351 e. The van der Waals surface area contributed by atoms with Crippen molar-refractivity contribution < 1.29 is 18.0 Å². The monoisotopic (exact) mass is 352 g/mol. The van der Waals surface area contributed by atoms with Crippen LogP contribution >= 0.6 is 0 Å². The molecule has 0 aromatic heterocycles. The molecular weight excluding hydrogens is 328 g/mol. The molecule has 6 nitrogen and oxygen atoms in total. The summed E-state index contributed by atoms with van der Waals surface area (Å²) in [5.41, 5.74) is -0.276.